The zero-order valence-corrected chi connectivity index (χ0v) is 45.7. The van der Waals surface area contributed by atoms with Gasteiger partial charge in [0.1, 0.15) is 48.1 Å². The summed E-state index contributed by atoms with van der Waals surface area (Å²) in [6, 6.07) is 37.7. The molecule has 8 rings (SSSR count). The summed E-state index contributed by atoms with van der Waals surface area (Å²) in [6.45, 7) is 0.0506. The lowest BCUT2D eigenvalue weighted by Gasteiger charge is -2.23. The number of ether oxygens (including phenoxy) is 9. The largest absolute Gasteiger partial charge is 0.467 e. The molecule has 0 amide bonds. The van der Waals surface area contributed by atoms with Gasteiger partial charge in [0.05, 0.1) is 13.2 Å². The van der Waals surface area contributed by atoms with Crippen LogP contribution >= 0.6 is 0 Å². The Morgan fingerprint density at radius 1 is 0.342 bits per heavy atom. The molecule has 0 aliphatic heterocycles. The number of aryl methyl sites for hydroxylation is 4. The van der Waals surface area contributed by atoms with Crippen molar-refractivity contribution in [2.45, 2.75) is 90.3 Å². The van der Waals surface area contributed by atoms with E-state index in [4.69, 9.17) is 42.6 Å². The van der Waals surface area contributed by atoms with Crippen molar-refractivity contribution in [1.29, 1.82) is 0 Å². The predicted octanol–water partition coefficient (Wildman–Crippen LogP) is 13.4. The van der Waals surface area contributed by atoms with E-state index in [-0.39, 0.29) is 40.4 Å². The minimum Gasteiger partial charge on any atom is -0.467 e. The molecule has 0 unspecified atom stereocenters. The molecule has 0 spiro atoms. The molecule has 0 aliphatic rings. The van der Waals surface area contributed by atoms with Gasteiger partial charge in [0, 0.05) is 87.5 Å². The first-order valence-corrected chi connectivity index (χ1v) is 27.0. The molecule has 8 aromatic carbocycles. The average molecular weight is 1070 g/mol. The Morgan fingerprint density at radius 2 is 0.658 bits per heavy atom. The van der Waals surface area contributed by atoms with Gasteiger partial charge in [-0.05, 0) is 141 Å². The van der Waals surface area contributed by atoms with Crippen LogP contribution in [0.4, 0.5) is 0 Å². The lowest BCUT2D eigenvalue weighted by Crippen LogP contribution is -2.08. The molecule has 0 aliphatic carbocycles. The summed E-state index contributed by atoms with van der Waals surface area (Å²) in [5.41, 5.74) is 9.05. The highest BCUT2D eigenvalue weighted by Crippen LogP contribution is 2.50. The fraction of sp³-hybridized carbons (Fsp3) is 0.333. The van der Waals surface area contributed by atoms with Gasteiger partial charge in [0.2, 0.25) is 0 Å². The maximum absolute atomic E-state index is 11.4. The van der Waals surface area contributed by atoms with Crippen LogP contribution in [0.5, 0.6) is 23.0 Å². The van der Waals surface area contributed by atoms with Crippen LogP contribution in [0.25, 0.3) is 65.3 Å². The van der Waals surface area contributed by atoms with E-state index in [9.17, 15) is 19.2 Å². The summed E-state index contributed by atoms with van der Waals surface area (Å²) < 4.78 is 55.4. The van der Waals surface area contributed by atoms with Gasteiger partial charge in [-0.1, -0.05) is 84.9 Å². The molecule has 0 N–H and O–H groups in total. The summed E-state index contributed by atoms with van der Waals surface area (Å²) in [5.74, 6) is 2.27. The number of carbonyl (C=O) groups is 4. The van der Waals surface area contributed by atoms with Crippen molar-refractivity contribution in [2.75, 3.05) is 55.6 Å². The van der Waals surface area contributed by atoms with Crippen LogP contribution < -0.4 is 18.9 Å². The number of carbonyl (C=O) groups excluding carboxylic acids is 4. The molecule has 0 bridgehead atoms. The van der Waals surface area contributed by atoms with Crippen molar-refractivity contribution in [3.63, 3.8) is 0 Å². The van der Waals surface area contributed by atoms with Gasteiger partial charge >= 0.3 is 0 Å². The van der Waals surface area contributed by atoms with Crippen molar-refractivity contribution in [2.24, 2.45) is 0 Å². The van der Waals surface area contributed by atoms with Crippen LogP contribution in [0.3, 0.4) is 0 Å². The van der Waals surface area contributed by atoms with Crippen LogP contribution in [0.15, 0.2) is 109 Å². The summed E-state index contributed by atoms with van der Waals surface area (Å²) >= 11 is 0. The van der Waals surface area contributed by atoms with Crippen LogP contribution in [-0.2, 0) is 81.8 Å². The Morgan fingerprint density at radius 3 is 0.987 bits per heavy atom. The van der Waals surface area contributed by atoms with Crippen molar-refractivity contribution in [3.8, 4) is 45.3 Å². The number of unbranched alkanes of at least 4 members (excludes halogenated alkanes) is 4. The molecular weight excluding hydrogens is 1000 g/mol. The lowest BCUT2D eigenvalue weighted by molar-refractivity contribution is -0.108. The second kappa shape index (κ2) is 29.5. The Bertz CT molecular complexity index is 3160. The number of aldehydes is 4. The first-order valence-electron chi connectivity index (χ1n) is 27.0. The van der Waals surface area contributed by atoms with E-state index in [0.29, 0.717) is 74.4 Å². The molecule has 0 saturated carbocycles. The minimum absolute atomic E-state index is 0.00190. The molecule has 0 saturated heterocycles. The molecule has 79 heavy (non-hydrogen) atoms. The van der Waals surface area contributed by atoms with Crippen LogP contribution in [0.1, 0.15) is 84.7 Å². The second-order valence-electron chi connectivity index (χ2n) is 19.5. The van der Waals surface area contributed by atoms with E-state index in [0.717, 1.165) is 150 Å². The van der Waals surface area contributed by atoms with Crippen LogP contribution in [0, 0.1) is 0 Å². The third kappa shape index (κ3) is 14.2. The SMILES string of the molecule is COCOc1ccc2cc(CCCC=O)ccc2c1-c1c(OCOC)c(COCc2cc3cc(CCCC=O)ccc3c(-c3c(OCOC)ccc4cc(CCCC=O)ccc34)c2OCOC)cc2cc(CCCC=O)ccc12. The van der Waals surface area contributed by atoms with E-state index < -0.39 is 0 Å². The van der Waals surface area contributed by atoms with Crippen LogP contribution in [-0.4, -0.2) is 80.8 Å². The number of fused-ring (bicyclic) bond motifs is 4. The highest BCUT2D eigenvalue weighted by molar-refractivity contribution is 6.12. The lowest BCUT2D eigenvalue weighted by atomic mass is 9.88. The maximum Gasteiger partial charge on any atom is 0.188 e. The first-order chi connectivity index (χ1) is 38.9. The molecule has 13 nitrogen and oxygen atoms in total. The fourth-order valence-electron chi connectivity index (χ4n) is 10.4. The molecule has 0 atom stereocenters. The molecule has 0 fully saturated rings. The van der Waals surface area contributed by atoms with Gasteiger partial charge in [-0.3, -0.25) is 0 Å². The highest BCUT2D eigenvalue weighted by Gasteiger charge is 2.26. The molecule has 13 heteroatoms. The van der Waals surface area contributed by atoms with Crippen molar-refractivity contribution >= 4 is 68.2 Å². The smallest absolute Gasteiger partial charge is 0.188 e. The minimum atomic E-state index is -0.0633. The number of benzene rings is 8. The molecule has 0 aromatic heterocycles. The predicted molar refractivity (Wildman–Crippen MR) is 308 cm³/mol. The molecule has 0 radical (unpaired) electrons. The first kappa shape index (κ1) is 57.6. The monoisotopic (exact) mass is 1070 g/mol. The van der Waals surface area contributed by atoms with Gasteiger partial charge in [0.25, 0.3) is 0 Å². The fourth-order valence-corrected chi connectivity index (χ4v) is 10.4. The van der Waals surface area contributed by atoms with Gasteiger partial charge in [-0.25, -0.2) is 0 Å². The standard InChI is InChI=1S/C66H70O13/c1-71-41-76-59-27-21-49-33-45(13-5-9-29-67)17-23-55(49)61(59)63-57-25-19-47(15-7-11-31-69)35-51(57)37-53(65(63)78-43-73-3)39-75-40-54-38-52-36-48(16-8-12-32-70)20-26-58(52)64(66(54)79-44-74-4)62-56-24-18-46(14-6-10-30-68)34-50(56)22-28-60(62)77-42-72-2/h17-38H,5-16,39-44H2,1-4H3. The van der Waals surface area contributed by atoms with E-state index in [1.807, 2.05) is 24.3 Å². The zero-order valence-electron chi connectivity index (χ0n) is 45.7. The van der Waals surface area contributed by atoms with E-state index in [2.05, 4.69) is 84.9 Å². The molecule has 412 valence electrons. The summed E-state index contributed by atoms with van der Waals surface area (Å²) in [6.07, 6.45) is 11.6. The van der Waals surface area contributed by atoms with E-state index >= 15 is 0 Å². The highest BCUT2D eigenvalue weighted by atomic mass is 16.7. The zero-order chi connectivity index (χ0) is 55.3. The van der Waals surface area contributed by atoms with Crippen LogP contribution in [0.2, 0.25) is 0 Å². The van der Waals surface area contributed by atoms with Gasteiger partial charge in [-0.15, -0.1) is 0 Å². The summed E-state index contributed by atoms with van der Waals surface area (Å²) in [7, 11) is 6.35. The topological polar surface area (TPSA) is 151 Å². The maximum atomic E-state index is 11.4. The number of hydrogen-bond acceptors (Lipinski definition) is 13. The Balaban J connectivity index is 1.32. The third-order valence-corrected chi connectivity index (χ3v) is 14.0. The quantitative estimate of drug-likeness (QED) is 0.0214. The average Bonchev–Trinajstić information content (AvgIpc) is 3.62. The number of hydrogen-bond donors (Lipinski definition) is 0. The van der Waals surface area contributed by atoms with E-state index in [1.54, 1.807) is 28.4 Å². The van der Waals surface area contributed by atoms with Gasteiger partial charge < -0.3 is 61.8 Å². The Kier molecular flexibility index (Phi) is 21.5. The second-order valence-corrected chi connectivity index (χ2v) is 19.5. The molecule has 8 aromatic rings. The van der Waals surface area contributed by atoms with Gasteiger partial charge in [-0.2, -0.15) is 0 Å². The van der Waals surface area contributed by atoms with Gasteiger partial charge in [0.15, 0.2) is 27.2 Å². The summed E-state index contributed by atoms with van der Waals surface area (Å²) in [5, 5.41) is 7.52. The Hall–Kier alpha value is -7.52. The Labute approximate surface area is 461 Å². The van der Waals surface area contributed by atoms with Crippen molar-refractivity contribution in [3.05, 3.63) is 143 Å². The number of rotatable bonds is 34. The molecule has 0 heterocycles. The van der Waals surface area contributed by atoms with Crippen molar-refractivity contribution < 1.29 is 61.8 Å². The summed E-state index contributed by atoms with van der Waals surface area (Å²) in [4.78, 5) is 45.3. The normalized spacial score (nSPS) is 11.4. The van der Waals surface area contributed by atoms with E-state index in [1.165, 1.54) is 0 Å². The third-order valence-electron chi connectivity index (χ3n) is 14.0. The number of methoxy groups -OCH3 is 4. The molecular formula is C66H70O13. The van der Waals surface area contributed by atoms with Crippen molar-refractivity contribution in [1.82, 2.24) is 0 Å².